The summed E-state index contributed by atoms with van der Waals surface area (Å²) in [6.45, 7) is 10.6. The van der Waals surface area contributed by atoms with Crippen molar-refractivity contribution in [2.75, 3.05) is 18.0 Å². The standard InChI is InChI=1S/C28H29NO3/c1-5-29(15-14-18(2)3)20-11-13-24-26(17-20)31-25-16-19(4)10-12-23(25)28(24)22-9-7-6-8-21(22)27(30)32-28/h6-13,16-18H,5,14-15H2,1-4H3. The topological polar surface area (TPSA) is 38.8 Å². The van der Waals surface area contributed by atoms with E-state index in [1.807, 2.05) is 49.4 Å². The van der Waals surface area contributed by atoms with E-state index in [1.165, 1.54) is 0 Å². The van der Waals surface area contributed by atoms with E-state index in [2.05, 4.69) is 43.9 Å². The number of anilines is 1. The van der Waals surface area contributed by atoms with Gasteiger partial charge in [-0.1, -0.05) is 44.2 Å². The highest BCUT2D eigenvalue weighted by atomic mass is 16.6. The average Bonchev–Trinajstić information content (AvgIpc) is 3.07. The lowest BCUT2D eigenvalue weighted by atomic mass is 9.77. The van der Waals surface area contributed by atoms with Crippen LogP contribution >= 0.6 is 0 Å². The summed E-state index contributed by atoms with van der Waals surface area (Å²) >= 11 is 0. The molecule has 3 aromatic carbocycles. The van der Waals surface area contributed by atoms with E-state index < -0.39 is 5.60 Å². The molecule has 2 aliphatic heterocycles. The van der Waals surface area contributed by atoms with Crippen LogP contribution in [-0.4, -0.2) is 19.1 Å². The van der Waals surface area contributed by atoms with Crippen molar-refractivity contribution < 1.29 is 14.3 Å². The van der Waals surface area contributed by atoms with Crippen molar-refractivity contribution in [1.82, 2.24) is 0 Å². The van der Waals surface area contributed by atoms with Crippen LogP contribution in [0.3, 0.4) is 0 Å². The molecule has 1 spiro atoms. The first-order valence-electron chi connectivity index (χ1n) is 11.5. The fourth-order valence-electron chi connectivity index (χ4n) is 4.85. The summed E-state index contributed by atoms with van der Waals surface area (Å²) < 4.78 is 12.7. The van der Waals surface area contributed by atoms with Crippen molar-refractivity contribution in [1.29, 1.82) is 0 Å². The maximum Gasteiger partial charge on any atom is 0.340 e. The monoisotopic (exact) mass is 427 g/mol. The minimum Gasteiger partial charge on any atom is -0.456 e. The van der Waals surface area contributed by atoms with Crippen molar-refractivity contribution in [2.24, 2.45) is 5.92 Å². The Labute approximate surface area is 189 Å². The van der Waals surface area contributed by atoms with Gasteiger partial charge in [0, 0.05) is 41.5 Å². The second kappa shape index (κ2) is 7.70. The Morgan fingerprint density at radius 3 is 2.41 bits per heavy atom. The smallest absolute Gasteiger partial charge is 0.340 e. The molecule has 0 N–H and O–H groups in total. The number of benzene rings is 3. The van der Waals surface area contributed by atoms with Gasteiger partial charge in [-0.15, -0.1) is 0 Å². The van der Waals surface area contributed by atoms with E-state index in [-0.39, 0.29) is 5.97 Å². The van der Waals surface area contributed by atoms with Crippen molar-refractivity contribution in [3.63, 3.8) is 0 Å². The van der Waals surface area contributed by atoms with Gasteiger partial charge < -0.3 is 14.4 Å². The van der Waals surface area contributed by atoms with E-state index in [1.54, 1.807) is 0 Å². The number of aryl methyl sites for hydroxylation is 1. The van der Waals surface area contributed by atoms with Crippen LogP contribution in [-0.2, 0) is 10.3 Å². The molecule has 0 amide bonds. The van der Waals surface area contributed by atoms with Gasteiger partial charge in [0.2, 0.25) is 0 Å². The summed E-state index contributed by atoms with van der Waals surface area (Å²) in [6.07, 6.45) is 1.13. The lowest BCUT2D eigenvalue weighted by molar-refractivity contribution is 0.0224. The second-order valence-electron chi connectivity index (χ2n) is 9.16. The first-order chi connectivity index (χ1) is 15.4. The third kappa shape index (κ3) is 3.09. The van der Waals surface area contributed by atoms with Crippen LogP contribution in [0.5, 0.6) is 11.5 Å². The van der Waals surface area contributed by atoms with Crippen molar-refractivity contribution >= 4 is 11.7 Å². The molecule has 0 bridgehead atoms. The van der Waals surface area contributed by atoms with Crippen LogP contribution in [0.2, 0.25) is 0 Å². The third-order valence-corrected chi connectivity index (χ3v) is 6.58. The van der Waals surface area contributed by atoms with Gasteiger partial charge in [0.25, 0.3) is 0 Å². The predicted octanol–water partition coefficient (Wildman–Crippen LogP) is 6.44. The molecule has 4 heteroatoms. The summed E-state index contributed by atoms with van der Waals surface area (Å²) in [4.78, 5) is 15.3. The molecule has 5 rings (SSSR count). The van der Waals surface area contributed by atoms with E-state index in [0.29, 0.717) is 11.5 Å². The van der Waals surface area contributed by atoms with Crippen LogP contribution in [0.4, 0.5) is 5.69 Å². The fourth-order valence-corrected chi connectivity index (χ4v) is 4.85. The molecule has 2 heterocycles. The summed E-state index contributed by atoms with van der Waals surface area (Å²) in [5, 5.41) is 0. The summed E-state index contributed by atoms with van der Waals surface area (Å²) in [5.41, 5.74) is 4.46. The lowest BCUT2D eigenvalue weighted by Crippen LogP contribution is -2.33. The molecule has 32 heavy (non-hydrogen) atoms. The molecule has 0 radical (unpaired) electrons. The molecule has 0 aromatic heterocycles. The number of carbonyl (C=O) groups is 1. The van der Waals surface area contributed by atoms with Crippen LogP contribution in [0.15, 0.2) is 60.7 Å². The maximum atomic E-state index is 12.9. The predicted molar refractivity (Wildman–Crippen MR) is 127 cm³/mol. The lowest BCUT2D eigenvalue weighted by Gasteiger charge is -2.37. The number of fused-ring (bicyclic) bond motifs is 6. The van der Waals surface area contributed by atoms with Crippen LogP contribution in [0, 0.1) is 12.8 Å². The normalized spacial score (nSPS) is 18.1. The Morgan fingerprint density at radius 1 is 0.938 bits per heavy atom. The van der Waals surface area contributed by atoms with Gasteiger partial charge in [-0.2, -0.15) is 0 Å². The van der Waals surface area contributed by atoms with Crippen LogP contribution in [0.1, 0.15) is 59.8 Å². The number of hydrogen-bond acceptors (Lipinski definition) is 4. The van der Waals surface area contributed by atoms with E-state index in [4.69, 9.17) is 9.47 Å². The van der Waals surface area contributed by atoms with Gasteiger partial charge in [0.15, 0.2) is 5.60 Å². The van der Waals surface area contributed by atoms with Crippen LogP contribution < -0.4 is 9.64 Å². The quantitative estimate of drug-likeness (QED) is 0.440. The van der Waals surface area contributed by atoms with E-state index in [0.717, 1.165) is 59.0 Å². The molecule has 3 aromatic rings. The Morgan fingerprint density at radius 2 is 1.66 bits per heavy atom. The number of esters is 1. The van der Waals surface area contributed by atoms with Crippen molar-refractivity contribution in [3.8, 4) is 11.5 Å². The number of hydrogen-bond donors (Lipinski definition) is 0. The minimum atomic E-state index is -0.988. The number of carbonyl (C=O) groups excluding carboxylic acids is 1. The third-order valence-electron chi connectivity index (χ3n) is 6.58. The molecular weight excluding hydrogens is 398 g/mol. The number of ether oxygens (including phenoxy) is 2. The molecule has 1 atom stereocenters. The highest BCUT2D eigenvalue weighted by Crippen LogP contribution is 2.56. The molecular formula is C28H29NO3. The SMILES string of the molecule is CCN(CCC(C)C)c1ccc2c(c1)Oc1cc(C)ccc1C21OC(=O)c2ccccc21. The first kappa shape index (κ1) is 20.6. The highest BCUT2D eigenvalue weighted by molar-refractivity contribution is 5.97. The molecule has 0 aliphatic carbocycles. The van der Waals surface area contributed by atoms with Crippen LogP contribution in [0.25, 0.3) is 0 Å². The van der Waals surface area contributed by atoms with Gasteiger partial charge in [0.05, 0.1) is 5.56 Å². The second-order valence-corrected chi connectivity index (χ2v) is 9.16. The molecule has 1 unspecified atom stereocenters. The van der Waals surface area contributed by atoms with E-state index >= 15 is 0 Å². The van der Waals surface area contributed by atoms with Gasteiger partial charge >= 0.3 is 5.97 Å². The van der Waals surface area contributed by atoms with Gasteiger partial charge in [0.1, 0.15) is 11.5 Å². The molecule has 0 saturated heterocycles. The average molecular weight is 428 g/mol. The molecule has 0 saturated carbocycles. The highest BCUT2D eigenvalue weighted by Gasteiger charge is 2.53. The zero-order valence-electron chi connectivity index (χ0n) is 19.1. The summed E-state index contributed by atoms with van der Waals surface area (Å²) in [7, 11) is 0. The van der Waals surface area contributed by atoms with Gasteiger partial charge in [-0.05, 0) is 56.0 Å². The number of nitrogens with zero attached hydrogens (tertiary/aromatic N) is 1. The Balaban J connectivity index is 1.69. The van der Waals surface area contributed by atoms with Gasteiger partial charge in [-0.25, -0.2) is 4.79 Å². The maximum absolute atomic E-state index is 12.9. The zero-order chi connectivity index (χ0) is 22.5. The molecule has 4 nitrogen and oxygen atoms in total. The Kier molecular flexibility index (Phi) is 4.96. The molecule has 164 valence electrons. The van der Waals surface area contributed by atoms with Gasteiger partial charge in [-0.3, -0.25) is 0 Å². The zero-order valence-corrected chi connectivity index (χ0v) is 19.1. The summed E-state index contributed by atoms with van der Waals surface area (Å²) in [5.74, 6) is 1.83. The fraction of sp³-hybridized carbons (Fsp3) is 0.321. The Hall–Kier alpha value is -3.27. The number of rotatable bonds is 5. The molecule has 0 fully saturated rings. The van der Waals surface area contributed by atoms with E-state index in [9.17, 15) is 4.79 Å². The first-order valence-corrected chi connectivity index (χ1v) is 11.5. The van der Waals surface area contributed by atoms with Crippen molar-refractivity contribution in [2.45, 2.75) is 39.7 Å². The van der Waals surface area contributed by atoms with Crippen molar-refractivity contribution in [3.05, 3.63) is 88.5 Å². The molecule has 2 aliphatic rings. The Bertz CT molecular complexity index is 1200. The summed E-state index contributed by atoms with van der Waals surface area (Å²) in [6, 6.07) is 20.1. The minimum absolute atomic E-state index is 0.295. The largest absolute Gasteiger partial charge is 0.456 e.